The van der Waals surface area contributed by atoms with E-state index in [0.29, 0.717) is 31.6 Å². The lowest BCUT2D eigenvalue weighted by molar-refractivity contribution is -0.138. The van der Waals surface area contributed by atoms with E-state index in [1.165, 1.54) is 23.9 Å². The van der Waals surface area contributed by atoms with E-state index in [0.717, 1.165) is 31.5 Å². The number of carbonyl (C=O) groups is 1. The van der Waals surface area contributed by atoms with Crippen LogP contribution >= 0.6 is 0 Å². The highest BCUT2D eigenvalue weighted by Gasteiger charge is 2.28. The molecule has 27 heavy (non-hydrogen) atoms. The van der Waals surface area contributed by atoms with Gasteiger partial charge < -0.3 is 9.32 Å². The van der Waals surface area contributed by atoms with Crippen molar-refractivity contribution in [3.8, 4) is 11.5 Å². The number of hydrogen-bond acceptors (Lipinski definition) is 5. The molecule has 2 aromatic rings. The number of benzene rings is 1. The van der Waals surface area contributed by atoms with Gasteiger partial charge in [0, 0.05) is 37.7 Å². The average molecular weight is 370 g/mol. The fourth-order valence-corrected chi connectivity index (χ4v) is 4.00. The fourth-order valence-electron chi connectivity index (χ4n) is 4.00. The standard InChI is InChI=1S/C20H26N4O3/c25-19(17-9-5-2-6-10-17)23-13-11-22(12-14-23)15-24-20(26)27-18(21-24)16-7-3-1-4-8-16/h1,3-4,7-8,17H,2,5-6,9-15H2. The van der Waals surface area contributed by atoms with Crippen LogP contribution in [0.5, 0.6) is 0 Å². The van der Waals surface area contributed by atoms with Crippen molar-refractivity contribution >= 4 is 5.91 Å². The van der Waals surface area contributed by atoms with Gasteiger partial charge in [-0.3, -0.25) is 9.69 Å². The predicted octanol–water partition coefficient (Wildman–Crippen LogP) is 2.19. The van der Waals surface area contributed by atoms with Crippen molar-refractivity contribution in [3.63, 3.8) is 0 Å². The molecule has 7 heteroatoms. The van der Waals surface area contributed by atoms with Gasteiger partial charge in [0.25, 0.3) is 0 Å². The van der Waals surface area contributed by atoms with Gasteiger partial charge in [0.1, 0.15) is 6.67 Å². The predicted molar refractivity (Wildman–Crippen MR) is 101 cm³/mol. The molecule has 2 aliphatic rings. The second-order valence-corrected chi connectivity index (χ2v) is 7.46. The Morgan fingerprint density at radius 3 is 2.44 bits per heavy atom. The Balaban J connectivity index is 1.34. The van der Waals surface area contributed by atoms with E-state index in [2.05, 4.69) is 10.00 Å². The Hall–Kier alpha value is -2.41. The van der Waals surface area contributed by atoms with Gasteiger partial charge in [-0.2, -0.15) is 4.68 Å². The first-order valence-electron chi connectivity index (χ1n) is 9.85. The van der Waals surface area contributed by atoms with Crippen molar-refractivity contribution in [1.82, 2.24) is 19.6 Å². The van der Waals surface area contributed by atoms with Gasteiger partial charge in [-0.1, -0.05) is 37.5 Å². The molecule has 1 aliphatic heterocycles. The average Bonchev–Trinajstić information content (AvgIpc) is 3.10. The number of rotatable bonds is 4. The molecule has 0 spiro atoms. The molecule has 7 nitrogen and oxygen atoms in total. The maximum atomic E-state index is 12.7. The largest absolute Gasteiger partial charge is 0.438 e. The summed E-state index contributed by atoms with van der Waals surface area (Å²) in [6, 6.07) is 9.41. The SMILES string of the molecule is O=C(C1CCCCC1)N1CCN(Cn2nc(-c3ccccc3)oc2=O)CC1. The van der Waals surface area contributed by atoms with Crippen molar-refractivity contribution < 1.29 is 9.21 Å². The second-order valence-electron chi connectivity index (χ2n) is 7.46. The van der Waals surface area contributed by atoms with Crippen LogP contribution in [0.3, 0.4) is 0 Å². The van der Waals surface area contributed by atoms with Gasteiger partial charge >= 0.3 is 5.76 Å². The Bertz CT molecular complexity index is 815. The molecule has 0 unspecified atom stereocenters. The fraction of sp³-hybridized carbons (Fsp3) is 0.550. The number of carbonyl (C=O) groups excluding carboxylic acids is 1. The Labute approximate surface area is 158 Å². The first-order valence-corrected chi connectivity index (χ1v) is 9.85. The van der Waals surface area contributed by atoms with E-state index < -0.39 is 5.76 Å². The minimum Gasteiger partial charge on any atom is -0.388 e. The van der Waals surface area contributed by atoms with Crippen molar-refractivity contribution in [3.05, 3.63) is 40.9 Å². The summed E-state index contributed by atoms with van der Waals surface area (Å²) in [4.78, 5) is 28.9. The summed E-state index contributed by atoms with van der Waals surface area (Å²) in [5.41, 5.74) is 0.788. The number of amides is 1. The Morgan fingerprint density at radius 1 is 1.04 bits per heavy atom. The molecular weight excluding hydrogens is 344 g/mol. The smallest absolute Gasteiger partial charge is 0.388 e. The van der Waals surface area contributed by atoms with Gasteiger partial charge in [-0.05, 0) is 25.0 Å². The highest BCUT2D eigenvalue weighted by Crippen LogP contribution is 2.25. The summed E-state index contributed by atoms with van der Waals surface area (Å²) in [6.07, 6.45) is 5.69. The zero-order chi connectivity index (χ0) is 18.6. The van der Waals surface area contributed by atoms with Gasteiger partial charge in [-0.25, -0.2) is 4.79 Å². The van der Waals surface area contributed by atoms with Crippen LogP contribution in [0, 0.1) is 5.92 Å². The minimum absolute atomic E-state index is 0.219. The monoisotopic (exact) mass is 370 g/mol. The summed E-state index contributed by atoms with van der Waals surface area (Å²) in [5, 5.41) is 4.32. The topological polar surface area (TPSA) is 71.6 Å². The van der Waals surface area contributed by atoms with Crippen LogP contribution in [-0.4, -0.2) is 51.7 Å². The van der Waals surface area contributed by atoms with E-state index in [-0.39, 0.29) is 5.92 Å². The van der Waals surface area contributed by atoms with Gasteiger partial charge in [0.05, 0.1) is 0 Å². The quantitative estimate of drug-likeness (QED) is 0.825. The van der Waals surface area contributed by atoms with Crippen LogP contribution in [0.25, 0.3) is 11.5 Å². The maximum Gasteiger partial charge on any atom is 0.438 e. The summed E-state index contributed by atoms with van der Waals surface area (Å²) < 4.78 is 6.65. The van der Waals surface area contributed by atoms with Gasteiger partial charge in [0.2, 0.25) is 11.8 Å². The number of piperazine rings is 1. The molecule has 1 aromatic carbocycles. The van der Waals surface area contributed by atoms with Crippen LogP contribution in [0.4, 0.5) is 0 Å². The first kappa shape index (κ1) is 18.0. The molecule has 1 saturated carbocycles. The van der Waals surface area contributed by atoms with Gasteiger partial charge in [-0.15, -0.1) is 5.10 Å². The van der Waals surface area contributed by atoms with Crippen molar-refractivity contribution in [2.45, 2.75) is 38.8 Å². The van der Waals surface area contributed by atoms with Crippen molar-refractivity contribution in [2.24, 2.45) is 5.92 Å². The van der Waals surface area contributed by atoms with E-state index in [1.807, 2.05) is 35.2 Å². The third kappa shape index (κ3) is 4.13. The Morgan fingerprint density at radius 2 is 1.74 bits per heavy atom. The molecule has 0 radical (unpaired) electrons. The summed E-state index contributed by atoms with van der Waals surface area (Å²) >= 11 is 0. The summed E-state index contributed by atoms with van der Waals surface area (Å²) in [6.45, 7) is 3.32. The van der Waals surface area contributed by atoms with E-state index >= 15 is 0 Å². The molecule has 144 valence electrons. The van der Waals surface area contributed by atoms with Crippen LogP contribution < -0.4 is 5.76 Å². The highest BCUT2D eigenvalue weighted by atomic mass is 16.4. The van der Waals surface area contributed by atoms with Gasteiger partial charge in [0.15, 0.2) is 0 Å². The molecule has 0 N–H and O–H groups in total. The van der Waals surface area contributed by atoms with Crippen molar-refractivity contribution in [2.75, 3.05) is 26.2 Å². The molecule has 1 aliphatic carbocycles. The lowest BCUT2D eigenvalue weighted by Gasteiger charge is -2.36. The zero-order valence-corrected chi connectivity index (χ0v) is 15.5. The molecule has 2 fully saturated rings. The molecule has 4 rings (SSSR count). The third-order valence-electron chi connectivity index (χ3n) is 5.60. The molecular formula is C20H26N4O3. The third-order valence-corrected chi connectivity index (χ3v) is 5.60. The molecule has 2 heterocycles. The van der Waals surface area contributed by atoms with Crippen LogP contribution in [0.2, 0.25) is 0 Å². The zero-order valence-electron chi connectivity index (χ0n) is 15.5. The van der Waals surface area contributed by atoms with Crippen LogP contribution in [0.1, 0.15) is 32.1 Å². The van der Waals surface area contributed by atoms with E-state index in [4.69, 9.17) is 4.42 Å². The second kappa shape index (κ2) is 8.08. The molecule has 1 amide bonds. The molecule has 1 aromatic heterocycles. The number of aromatic nitrogens is 2. The lowest BCUT2D eigenvalue weighted by atomic mass is 9.88. The Kier molecular flexibility index (Phi) is 5.38. The van der Waals surface area contributed by atoms with E-state index in [1.54, 1.807) is 0 Å². The summed E-state index contributed by atoms with van der Waals surface area (Å²) in [7, 11) is 0. The molecule has 0 atom stereocenters. The summed E-state index contributed by atoms with van der Waals surface area (Å²) in [5.74, 6) is 0.428. The first-order chi connectivity index (χ1) is 13.2. The lowest BCUT2D eigenvalue weighted by Crippen LogP contribution is -2.51. The number of hydrogen-bond donors (Lipinski definition) is 0. The van der Waals surface area contributed by atoms with Crippen LogP contribution in [-0.2, 0) is 11.5 Å². The van der Waals surface area contributed by atoms with E-state index in [9.17, 15) is 9.59 Å². The van der Waals surface area contributed by atoms with Crippen molar-refractivity contribution in [1.29, 1.82) is 0 Å². The minimum atomic E-state index is -0.449. The normalized spacial score (nSPS) is 19.3. The highest BCUT2D eigenvalue weighted by molar-refractivity contribution is 5.79. The molecule has 0 bridgehead atoms. The van der Waals surface area contributed by atoms with Crippen LogP contribution in [0.15, 0.2) is 39.5 Å². The maximum absolute atomic E-state index is 12.7. The number of nitrogens with zero attached hydrogens (tertiary/aromatic N) is 4. The molecule has 1 saturated heterocycles.